The van der Waals surface area contributed by atoms with Gasteiger partial charge in [0.2, 0.25) is 0 Å². The number of hydrogen-bond acceptors (Lipinski definition) is 1. The molecule has 0 aliphatic carbocycles. The van der Waals surface area contributed by atoms with Crippen molar-refractivity contribution in [1.82, 2.24) is 0 Å². The van der Waals surface area contributed by atoms with Gasteiger partial charge in [-0.2, -0.15) is 0 Å². The molecule has 0 aromatic heterocycles. The van der Waals surface area contributed by atoms with E-state index in [1.807, 2.05) is 13.8 Å². The SMILES string of the molecule is CC.Fc1ccc2c(c1)CCCO2. The Hall–Kier alpha value is -1.05. The largest absolute Gasteiger partial charge is 0.493 e. The first-order valence-corrected chi connectivity index (χ1v) is 4.77. The third-order valence-electron chi connectivity index (χ3n) is 1.87. The van der Waals surface area contributed by atoms with Crippen LogP contribution < -0.4 is 4.74 Å². The molecule has 1 aromatic carbocycles. The maximum absolute atomic E-state index is 12.6. The van der Waals surface area contributed by atoms with Gasteiger partial charge in [0.05, 0.1) is 6.61 Å². The summed E-state index contributed by atoms with van der Waals surface area (Å²) < 4.78 is 18.0. The number of hydrogen-bond donors (Lipinski definition) is 0. The predicted octanol–water partition coefficient (Wildman–Crippen LogP) is 3.18. The molecule has 0 spiro atoms. The minimum Gasteiger partial charge on any atom is -0.493 e. The van der Waals surface area contributed by atoms with Gasteiger partial charge >= 0.3 is 0 Å². The molecule has 1 nitrogen and oxygen atoms in total. The van der Waals surface area contributed by atoms with Crippen LogP contribution in [0.4, 0.5) is 4.39 Å². The monoisotopic (exact) mass is 182 g/mol. The Balaban J connectivity index is 0.000000396. The molecule has 0 fully saturated rings. The highest BCUT2D eigenvalue weighted by Gasteiger charge is 2.09. The summed E-state index contributed by atoms with van der Waals surface area (Å²) in [5.41, 5.74) is 0.997. The number of halogens is 1. The lowest BCUT2D eigenvalue weighted by molar-refractivity contribution is 0.287. The van der Waals surface area contributed by atoms with Crippen molar-refractivity contribution in [3.05, 3.63) is 29.6 Å². The first kappa shape index (κ1) is 10.0. The van der Waals surface area contributed by atoms with Gasteiger partial charge in [-0.1, -0.05) is 13.8 Å². The van der Waals surface area contributed by atoms with Crippen molar-refractivity contribution in [3.63, 3.8) is 0 Å². The highest BCUT2D eigenvalue weighted by Crippen LogP contribution is 2.24. The summed E-state index contributed by atoms with van der Waals surface area (Å²) in [7, 11) is 0. The molecule has 0 bridgehead atoms. The minimum absolute atomic E-state index is 0.172. The molecule has 0 saturated carbocycles. The summed E-state index contributed by atoms with van der Waals surface area (Å²) in [6.07, 6.45) is 1.93. The van der Waals surface area contributed by atoms with Gasteiger partial charge in [0.15, 0.2) is 0 Å². The van der Waals surface area contributed by atoms with E-state index in [9.17, 15) is 4.39 Å². The molecule has 1 heterocycles. The average molecular weight is 182 g/mol. The minimum atomic E-state index is -0.172. The van der Waals surface area contributed by atoms with Crippen LogP contribution in [0.5, 0.6) is 5.75 Å². The zero-order valence-corrected chi connectivity index (χ0v) is 8.14. The van der Waals surface area contributed by atoms with Gasteiger partial charge in [-0.25, -0.2) is 4.39 Å². The van der Waals surface area contributed by atoms with E-state index in [1.165, 1.54) is 6.07 Å². The van der Waals surface area contributed by atoms with Crippen LogP contribution >= 0.6 is 0 Å². The van der Waals surface area contributed by atoms with Crippen LogP contribution in [0.1, 0.15) is 25.8 Å². The number of ether oxygens (including phenoxy) is 1. The Kier molecular flexibility index (Phi) is 3.74. The maximum atomic E-state index is 12.6. The van der Waals surface area contributed by atoms with Crippen molar-refractivity contribution in [2.24, 2.45) is 0 Å². The predicted molar refractivity (Wildman–Crippen MR) is 51.6 cm³/mol. The summed E-state index contributed by atoms with van der Waals surface area (Å²) in [4.78, 5) is 0. The van der Waals surface area contributed by atoms with E-state index in [0.717, 1.165) is 30.8 Å². The van der Waals surface area contributed by atoms with E-state index < -0.39 is 0 Å². The van der Waals surface area contributed by atoms with Gasteiger partial charge < -0.3 is 4.74 Å². The molecule has 72 valence electrons. The Morgan fingerprint density at radius 1 is 1.31 bits per heavy atom. The van der Waals surface area contributed by atoms with Crippen molar-refractivity contribution in [1.29, 1.82) is 0 Å². The normalized spacial score (nSPS) is 13.5. The molecule has 0 N–H and O–H groups in total. The second-order valence-electron chi connectivity index (χ2n) is 2.70. The topological polar surface area (TPSA) is 9.23 Å². The average Bonchev–Trinajstić information content (AvgIpc) is 2.21. The molecule has 0 amide bonds. The van der Waals surface area contributed by atoms with Gasteiger partial charge in [0.25, 0.3) is 0 Å². The van der Waals surface area contributed by atoms with E-state index in [1.54, 1.807) is 12.1 Å². The molecule has 1 aliphatic rings. The van der Waals surface area contributed by atoms with Crippen LogP contribution in [0.25, 0.3) is 0 Å². The lowest BCUT2D eigenvalue weighted by Gasteiger charge is -2.16. The molecule has 0 radical (unpaired) electrons. The number of fused-ring (bicyclic) bond motifs is 1. The van der Waals surface area contributed by atoms with Crippen molar-refractivity contribution in [2.75, 3.05) is 6.61 Å². The Morgan fingerprint density at radius 3 is 2.85 bits per heavy atom. The van der Waals surface area contributed by atoms with E-state index in [2.05, 4.69) is 0 Å². The zero-order chi connectivity index (χ0) is 9.68. The van der Waals surface area contributed by atoms with Crippen LogP contribution in [0.3, 0.4) is 0 Å². The lowest BCUT2D eigenvalue weighted by atomic mass is 10.1. The third kappa shape index (κ3) is 2.44. The highest BCUT2D eigenvalue weighted by atomic mass is 19.1. The molecule has 1 aliphatic heterocycles. The van der Waals surface area contributed by atoms with Gasteiger partial charge in [0.1, 0.15) is 11.6 Å². The molecule has 0 unspecified atom stereocenters. The van der Waals surface area contributed by atoms with Crippen molar-refractivity contribution < 1.29 is 9.13 Å². The van der Waals surface area contributed by atoms with Crippen LogP contribution in [0.2, 0.25) is 0 Å². The molecule has 2 rings (SSSR count). The fourth-order valence-corrected chi connectivity index (χ4v) is 1.33. The highest BCUT2D eigenvalue weighted by molar-refractivity contribution is 5.35. The Bertz CT molecular complexity index is 271. The Labute approximate surface area is 78.5 Å². The standard InChI is InChI=1S/C9H9FO.C2H6/c10-8-3-4-9-7(6-8)2-1-5-11-9;1-2/h3-4,6H,1-2,5H2;1-2H3. The van der Waals surface area contributed by atoms with Crippen molar-refractivity contribution in [2.45, 2.75) is 26.7 Å². The molecular formula is C11H15FO. The molecule has 0 saturated heterocycles. The summed E-state index contributed by atoms with van der Waals surface area (Å²) in [6, 6.07) is 4.68. The van der Waals surface area contributed by atoms with Gasteiger partial charge in [0, 0.05) is 0 Å². The Morgan fingerprint density at radius 2 is 2.08 bits per heavy atom. The van der Waals surface area contributed by atoms with Crippen LogP contribution in [-0.2, 0) is 6.42 Å². The van der Waals surface area contributed by atoms with Crippen molar-refractivity contribution in [3.8, 4) is 5.75 Å². The van der Waals surface area contributed by atoms with Gasteiger partial charge in [-0.3, -0.25) is 0 Å². The molecule has 13 heavy (non-hydrogen) atoms. The first-order chi connectivity index (χ1) is 6.36. The smallest absolute Gasteiger partial charge is 0.123 e. The summed E-state index contributed by atoms with van der Waals surface area (Å²) in [5, 5.41) is 0. The maximum Gasteiger partial charge on any atom is 0.123 e. The molecule has 1 aromatic rings. The van der Waals surface area contributed by atoms with Crippen LogP contribution in [0, 0.1) is 5.82 Å². The molecule has 2 heteroatoms. The van der Waals surface area contributed by atoms with Gasteiger partial charge in [-0.05, 0) is 36.6 Å². The number of rotatable bonds is 0. The van der Waals surface area contributed by atoms with Gasteiger partial charge in [-0.15, -0.1) is 0 Å². The lowest BCUT2D eigenvalue weighted by Crippen LogP contribution is -2.08. The van der Waals surface area contributed by atoms with E-state index in [0.29, 0.717) is 0 Å². The number of benzene rings is 1. The third-order valence-corrected chi connectivity index (χ3v) is 1.87. The van der Waals surface area contributed by atoms with Crippen LogP contribution in [0.15, 0.2) is 18.2 Å². The second kappa shape index (κ2) is 4.85. The molecular weight excluding hydrogens is 167 g/mol. The zero-order valence-electron chi connectivity index (χ0n) is 8.14. The number of aryl methyl sites for hydroxylation is 1. The van der Waals surface area contributed by atoms with E-state index >= 15 is 0 Å². The van der Waals surface area contributed by atoms with E-state index in [-0.39, 0.29) is 5.82 Å². The summed E-state index contributed by atoms with van der Waals surface area (Å²) in [6.45, 7) is 4.76. The fourth-order valence-electron chi connectivity index (χ4n) is 1.33. The molecule has 0 atom stereocenters. The fraction of sp³-hybridized carbons (Fsp3) is 0.455. The summed E-state index contributed by atoms with van der Waals surface area (Å²) in [5.74, 6) is 0.673. The summed E-state index contributed by atoms with van der Waals surface area (Å²) >= 11 is 0. The van der Waals surface area contributed by atoms with Crippen molar-refractivity contribution >= 4 is 0 Å². The quantitative estimate of drug-likeness (QED) is 0.598. The first-order valence-electron chi connectivity index (χ1n) is 4.77. The second-order valence-corrected chi connectivity index (χ2v) is 2.70. The van der Waals surface area contributed by atoms with E-state index in [4.69, 9.17) is 4.74 Å². The van der Waals surface area contributed by atoms with Crippen LogP contribution in [-0.4, -0.2) is 6.61 Å².